The van der Waals surface area contributed by atoms with E-state index in [9.17, 15) is 4.79 Å². The van der Waals surface area contributed by atoms with Crippen molar-refractivity contribution in [2.24, 2.45) is 5.73 Å². The van der Waals surface area contributed by atoms with Crippen LogP contribution in [0.15, 0.2) is 42.5 Å². The first-order chi connectivity index (χ1) is 16.0. The Balaban J connectivity index is 1.25. The van der Waals surface area contributed by atoms with E-state index in [1.165, 1.54) is 38.2 Å². The Morgan fingerprint density at radius 1 is 1.24 bits per heavy atom. The molecule has 2 atom stereocenters. The first-order valence-corrected chi connectivity index (χ1v) is 12.4. The third kappa shape index (κ3) is 4.45. The summed E-state index contributed by atoms with van der Waals surface area (Å²) in [7, 11) is 1.72. The van der Waals surface area contributed by atoms with Crippen LogP contribution in [0.3, 0.4) is 0 Å². The van der Waals surface area contributed by atoms with E-state index in [-0.39, 0.29) is 12.0 Å². The summed E-state index contributed by atoms with van der Waals surface area (Å²) < 4.78 is 11.6. The molecule has 1 amide bonds. The molecule has 33 heavy (non-hydrogen) atoms. The topological polar surface area (TPSA) is 68.0 Å². The minimum absolute atomic E-state index is 0.0580. The summed E-state index contributed by atoms with van der Waals surface area (Å²) in [5.74, 6) is 0.547. The van der Waals surface area contributed by atoms with Gasteiger partial charge in [0.2, 0.25) is 0 Å². The van der Waals surface area contributed by atoms with Gasteiger partial charge in [-0.1, -0.05) is 18.2 Å². The third-order valence-electron chi connectivity index (χ3n) is 6.92. The molecule has 1 aromatic heterocycles. The Labute approximate surface area is 198 Å². The standard InChI is InChI=1S/C26H31N3O3S/c1-17-16-29(22-5-3-4-18-6-7-20(31-2)15-21(18)22)12-11-28(17)10-8-23-25-19(9-13-32-23)14-24(33-25)26(27)30/h3-7,14-15,17,23H,8-13,16H2,1-2H3,(H2,27,30)/t17-,23?/m1/s1. The number of hydrogen-bond acceptors (Lipinski definition) is 6. The number of benzene rings is 2. The van der Waals surface area contributed by atoms with Gasteiger partial charge in [0.25, 0.3) is 5.91 Å². The fraction of sp³-hybridized carbons (Fsp3) is 0.423. The Kier molecular flexibility index (Phi) is 6.27. The highest BCUT2D eigenvalue weighted by atomic mass is 32.1. The van der Waals surface area contributed by atoms with Gasteiger partial charge >= 0.3 is 0 Å². The number of thiophene rings is 1. The lowest BCUT2D eigenvalue weighted by molar-refractivity contribution is 0.0283. The molecule has 2 aromatic carbocycles. The van der Waals surface area contributed by atoms with Crippen molar-refractivity contribution in [1.82, 2.24) is 4.90 Å². The second kappa shape index (κ2) is 9.33. The molecule has 5 rings (SSSR count). The highest BCUT2D eigenvalue weighted by Gasteiger charge is 2.29. The summed E-state index contributed by atoms with van der Waals surface area (Å²) in [6.07, 6.45) is 1.85. The van der Waals surface area contributed by atoms with Crippen LogP contribution in [-0.2, 0) is 11.2 Å². The van der Waals surface area contributed by atoms with Gasteiger partial charge in [0.15, 0.2) is 0 Å². The molecule has 0 radical (unpaired) electrons. The average Bonchev–Trinajstić information content (AvgIpc) is 3.28. The van der Waals surface area contributed by atoms with Crippen LogP contribution >= 0.6 is 11.3 Å². The summed E-state index contributed by atoms with van der Waals surface area (Å²) in [5, 5.41) is 2.48. The largest absolute Gasteiger partial charge is 0.497 e. The van der Waals surface area contributed by atoms with E-state index < -0.39 is 0 Å². The lowest BCUT2D eigenvalue weighted by atomic mass is 10.0. The summed E-state index contributed by atoms with van der Waals surface area (Å²) in [6.45, 7) is 6.98. The van der Waals surface area contributed by atoms with E-state index in [4.69, 9.17) is 15.2 Å². The highest BCUT2D eigenvalue weighted by Crippen LogP contribution is 2.37. The van der Waals surface area contributed by atoms with Crippen molar-refractivity contribution in [3.8, 4) is 5.75 Å². The molecule has 0 saturated carbocycles. The van der Waals surface area contributed by atoms with Crippen molar-refractivity contribution < 1.29 is 14.3 Å². The normalized spacial score (nSPS) is 21.2. The van der Waals surface area contributed by atoms with E-state index in [1.807, 2.05) is 12.1 Å². The number of hydrogen-bond donors (Lipinski definition) is 1. The molecule has 0 bridgehead atoms. The summed E-state index contributed by atoms with van der Waals surface area (Å²) in [6, 6.07) is 15.2. The molecule has 3 aromatic rings. The van der Waals surface area contributed by atoms with Gasteiger partial charge in [-0.3, -0.25) is 9.69 Å². The van der Waals surface area contributed by atoms with Crippen LogP contribution in [0.2, 0.25) is 0 Å². The molecular formula is C26H31N3O3S. The van der Waals surface area contributed by atoms with Gasteiger partial charge in [-0.2, -0.15) is 0 Å². The predicted octanol–water partition coefficient (Wildman–Crippen LogP) is 4.22. The number of carbonyl (C=O) groups is 1. The maximum atomic E-state index is 11.6. The number of fused-ring (bicyclic) bond motifs is 2. The maximum Gasteiger partial charge on any atom is 0.258 e. The van der Waals surface area contributed by atoms with E-state index in [0.717, 1.165) is 44.8 Å². The summed E-state index contributed by atoms with van der Waals surface area (Å²) in [4.78, 5) is 18.5. The van der Waals surface area contributed by atoms with Crippen LogP contribution in [0.4, 0.5) is 5.69 Å². The Bertz CT molecular complexity index is 1160. The van der Waals surface area contributed by atoms with Gasteiger partial charge in [0, 0.05) is 48.2 Å². The number of methoxy groups -OCH3 is 1. The van der Waals surface area contributed by atoms with Gasteiger partial charge < -0.3 is 20.1 Å². The van der Waals surface area contributed by atoms with Gasteiger partial charge in [-0.15, -0.1) is 11.3 Å². The zero-order valence-corrected chi connectivity index (χ0v) is 20.1. The smallest absolute Gasteiger partial charge is 0.258 e. The number of carbonyl (C=O) groups excluding carboxylic acids is 1. The third-order valence-corrected chi connectivity index (χ3v) is 8.20. The molecule has 1 fully saturated rings. The van der Waals surface area contributed by atoms with E-state index in [1.54, 1.807) is 7.11 Å². The predicted molar refractivity (Wildman–Crippen MR) is 134 cm³/mol. The summed E-state index contributed by atoms with van der Waals surface area (Å²) in [5.41, 5.74) is 8.01. The van der Waals surface area contributed by atoms with E-state index in [2.05, 4.69) is 47.1 Å². The number of ether oxygens (including phenoxy) is 2. The zero-order valence-electron chi connectivity index (χ0n) is 19.3. The second-order valence-corrected chi connectivity index (χ2v) is 10.0. The molecular weight excluding hydrogens is 434 g/mol. The monoisotopic (exact) mass is 465 g/mol. The molecule has 2 aliphatic heterocycles. The minimum atomic E-state index is -0.344. The molecule has 3 heterocycles. The Morgan fingerprint density at radius 3 is 2.91 bits per heavy atom. The Hall–Kier alpha value is -2.61. The van der Waals surface area contributed by atoms with Crippen LogP contribution in [0.1, 0.15) is 39.6 Å². The quantitative estimate of drug-likeness (QED) is 0.590. The number of piperazine rings is 1. The first-order valence-electron chi connectivity index (χ1n) is 11.6. The molecule has 174 valence electrons. The van der Waals surface area contributed by atoms with Crippen LogP contribution in [0.5, 0.6) is 5.75 Å². The van der Waals surface area contributed by atoms with Crippen LogP contribution in [-0.4, -0.2) is 56.7 Å². The maximum absolute atomic E-state index is 11.6. The van der Waals surface area contributed by atoms with Gasteiger partial charge in [0.1, 0.15) is 5.75 Å². The van der Waals surface area contributed by atoms with Crippen molar-refractivity contribution in [1.29, 1.82) is 0 Å². The highest BCUT2D eigenvalue weighted by molar-refractivity contribution is 7.14. The number of primary amides is 1. The fourth-order valence-electron chi connectivity index (χ4n) is 5.10. The number of nitrogens with zero attached hydrogens (tertiary/aromatic N) is 2. The first kappa shape index (κ1) is 22.2. The fourth-order valence-corrected chi connectivity index (χ4v) is 6.25. The molecule has 7 heteroatoms. The van der Waals surface area contributed by atoms with E-state index >= 15 is 0 Å². The lowest BCUT2D eigenvalue weighted by Gasteiger charge is -2.42. The second-order valence-electron chi connectivity index (χ2n) is 8.96. The van der Waals surface area contributed by atoms with Crippen molar-refractivity contribution in [3.63, 3.8) is 0 Å². The Morgan fingerprint density at radius 2 is 2.12 bits per heavy atom. The lowest BCUT2D eigenvalue weighted by Crippen LogP contribution is -2.52. The molecule has 2 aliphatic rings. The van der Waals surface area contributed by atoms with Crippen LogP contribution < -0.4 is 15.4 Å². The van der Waals surface area contributed by atoms with Crippen molar-refractivity contribution >= 4 is 33.7 Å². The molecule has 0 spiro atoms. The molecule has 1 saturated heterocycles. The number of nitrogens with two attached hydrogens (primary N) is 1. The molecule has 0 aliphatic carbocycles. The SMILES string of the molecule is COc1ccc2cccc(N3CCN(CCC4OCCc5cc(C(N)=O)sc54)[C@H](C)C3)c2c1. The van der Waals surface area contributed by atoms with Crippen molar-refractivity contribution in [2.75, 3.05) is 44.8 Å². The van der Waals surface area contributed by atoms with Gasteiger partial charge in [0.05, 0.1) is 24.7 Å². The van der Waals surface area contributed by atoms with Gasteiger partial charge in [-0.25, -0.2) is 0 Å². The zero-order chi connectivity index (χ0) is 22.9. The average molecular weight is 466 g/mol. The van der Waals surface area contributed by atoms with Gasteiger partial charge in [-0.05, 0) is 55.0 Å². The molecule has 2 N–H and O–H groups in total. The summed E-state index contributed by atoms with van der Waals surface area (Å²) >= 11 is 1.50. The van der Waals surface area contributed by atoms with E-state index in [0.29, 0.717) is 17.5 Å². The number of anilines is 1. The van der Waals surface area contributed by atoms with Crippen molar-refractivity contribution in [3.05, 3.63) is 57.8 Å². The van der Waals surface area contributed by atoms with Crippen LogP contribution in [0, 0.1) is 0 Å². The van der Waals surface area contributed by atoms with Crippen molar-refractivity contribution in [2.45, 2.75) is 31.9 Å². The molecule has 6 nitrogen and oxygen atoms in total. The number of amides is 1. The van der Waals surface area contributed by atoms with Crippen LogP contribution in [0.25, 0.3) is 10.8 Å². The molecule has 1 unspecified atom stereocenters. The minimum Gasteiger partial charge on any atom is -0.497 e. The number of rotatable bonds is 6.